The van der Waals surface area contributed by atoms with Crippen molar-refractivity contribution < 1.29 is 41.0 Å². The number of carbonyl (C=O) groups is 2. The predicted molar refractivity (Wildman–Crippen MR) is 198 cm³/mol. The molecule has 7 nitrogen and oxygen atoms in total. The highest BCUT2D eigenvalue weighted by atomic mass is 19.4. The number of piperidine rings is 2. The second-order valence-corrected chi connectivity index (χ2v) is 15.9. The highest BCUT2D eigenvalue weighted by Crippen LogP contribution is 2.48. The molecule has 55 heavy (non-hydrogen) atoms. The molecule has 3 heterocycles. The molecule has 1 saturated carbocycles. The van der Waals surface area contributed by atoms with E-state index in [0.29, 0.717) is 16.4 Å². The van der Waals surface area contributed by atoms with Gasteiger partial charge in [0.1, 0.15) is 11.5 Å². The number of carbonyl (C=O) groups excluding carboxylic acids is 1. The van der Waals surface area contributed by atoms with E-state index in [1.54, 1.807) is 24.4 Å². The molecule has 3 aliphatic rings. The first-order chi connectivity index (χ1) is 26.2. The Morgan fingerprint density at radius 1 is 0.727 bits per heavy atom. The van der Waals surface area contributed by atoms with Gasteiger partial charge in [-0.2, -0.15) is 26.3 Å². The highest BCUT2D eigenvalue weighted by molar-refractivity contribution is 6.05. The average molecular weight is 769 g/mol. The topological polar surface area (TPSA) is 85.8 Å². The molecule has 1 spiro atoms. The summed E-state index contributed by atoms with van der Waals surface area (Å²) in [4.78, 5) is 34.0. The molecule has 1 aliphatic carbocycles. The van der Waals surface area contributed by atoms with Gasteiger partial charge >= 0.3 is 18.3 Å². The van der Waals surface area contributed by atoms with Crippen LogP contribution in [0.25, 0.3) is 32.8 Å². The van der Waals surface area contributed by atoms with E-state index in [9.17, 15) is 41.0 Å². The minimum absolute atomic E-state index is 0.319. The van der Waals surface area contributed by atoms with Crippen LogP contribution in [0, 0.1) is 10.8 Å². The van der Waals surface area contributed by atoms with E-state index >= 15 is 0 Å². The van der Waals surface area contributed by atoms with E-state index < -0.39 is 68.2 Å². The van der Waals surface area contributed by atoms with Crippen LogP contribution in [-0.4, -0.2) is 82.9 Å². The van der Waals surface area contributed by atoms with E-state index in [1.807, 2.05) is 36.4 Å². The maximum absolute atomic E-state index is 14.5. The number of fused-ring (bicyclic) bond motifs is 2. The number of halogens is 6. The molecule has 4 aromatic rings. The molecule has 0 bridgehead atoms. The van der Waals surface area contributed by atoms with Gasteiger partial charge < -0.3 is 10.4 Å². The van der Waals surface area contributed by atoms with Crippen LogP contribution in [0.3, 0.4) is 0 Å². The zero-order valence-corrected chi connectivity index (χ0v) is 30.6. The molecule has 1 amide bonds. The number of nitrogens with one attached hydrogen (secondary N) is 1. The van der Waals surface area contributed by atoms with Gasteiger partial charge in [0.15, 0.2) is 0 Å². The highest BCUT2D eigenvalue weighted by Gasteiger charge is 2.61. The molecule has 0 radical (unpaired) electrons. The van der Waals surface area contributed by atoms with E-state index in [4.69, 9.17) is 4.98 Å². The fourth-order valence-corrected chi connectivity index (χ4v) is 9.31. The summed E-state index contributed by atoms with van der Waals surface area (Å²) in [6.07, 6.45) is -0.873. The number of nitrogens with zero attached hydrogens (tertiary/aromatic N) is 3. The van der Waals surface area contributed by atoms with Gasteiger partial charge in [-0.1, -0.05) is 73.9 Å². The lowest BCUT2D eigenvalue weighted by Crippen LogP contribution is -2.59. The van der Waals surface area contributed by atoms with Crippen LogP contribution in [0.1, 0.15) is 68.9 Å². The minimum atomic E-state index is -5.10. The Kier molecular flexibility index (Phi) is 10.9. The Labute approximate surface area is 316 Å². The van der Waals surface area contributed by atoms with Crippen molar-refractivity contribution >= 4 is 33.4 Å². The zero-order valence-electron chi connectivity index (χ0n) is 30.6. The van der Waals surface area contributed by atoms with Crippen LogP contribution in [0.5, 0.6) is 0 Å². The maximum Gasteiger partial charge on any atom is 0.403 e. The van der Waals surface area contributed by atoms with Crippen LogP contribution >= 0.6 is 0 Å². The molecule has 2 N–H and O–H groups in total. The second kappa shape index (κ2) is 15.4. The van der Waals surface area contributed by atoms with Crippen molar-refractivity contribution in [2.75, 3.05) is 32.7 Å². The van der Waals surface area contributed by atoms with Crippen molar-refractivity contribution in [1.29, 1.82) is 0 Å². The summed E-state index contributed by atoms with van der Waals surface area (Å²) in [5.74, 6) is -3.08. The number of hydrogen-bond acceptors (Lipinski definition) is 5. The summed E-state index contributed by atoms with van der Waals surface area (Å²) in [6, 6.07) is 17.4. The van der Waals surface area contributed by atoms with Gasteiger partial charge in [-0.05, 0) is 103 Å². The quantitative estimate of drug-likeness (QED) is 0.166. The fraction of sp³-hybridized carbons (Fsp3) is 0.500. The van der Waals surface area contributed by atoms with Crippen LogP contribution in [0.2, 0.25) is 0 Å². The van der Waals surface area contributed by atoms with Crippen molar-refractivity contribution in [3.63, 3.8) is 0 Å². The standard InChI is InChI=1S/C42H46F6N4O3/c43-41(44,45)27-52-23-18-40(19-24-52,42(46,47)48)38(55)50-35(37(53)54)25-28-7-4-10-32-30(28)9-6-12-34(32)36-33-11-5-8-29(31(33)13-20-49-36)26-51-21-16-39(17-22-51)14-2-1-3-15-39/h4-13,20,35H,1-3,14-19,21-27H2,(H,50,55)(H,53,54)/t35-/m0/s1. The third-order valence-electron chi connectivity index (χ3n) is 12.5. The van der Waals surface area contributed by atoms with Gasteiger partial charge in [0.25, 0.3) is 0 Å². The lowest BCUT2D eigenvalue weighted by atomic mass is 9.68. The Hall–Kier alpha value is -4.23. The van der Waals surface area contributed by atoms with Crippen LogP contribution < -0.4 is 5.32 Å². The molecular formula is C42H46F6N4O3. The Morgan fingerprint density at radius 2 is 1.33 bits per heavy atom. The molecule has 3 fully saturated rings. The summed E-state index contributed by atoms with van der Waals surface area (Å²) < 4.78 is 82.2. The van der Waals surface area contributed by atoms with Gasteiger partial charge in [0, 0.05) is 30.1 Å². The maximum atomic E-state index is 14.5. The number of aromatic nitrogens is 1. The molecule has 2 saturated heterocycles. The van der Waals surface area contributed by atoms with Gasteiger partial charge in [-0.3, -0.25) is 19.6 Å². The first-order valence-electron chi connectivity index (χ1n) is 19.2. The van der Waals surface area contributed by atoms with E-state index in [1.165, 1.54) is 50.5 Å². The number of rotatable bonds is 9. The zero-order chi connectivity index (χ0) is 39.0. The molecule has 1 aromatic heterocycles. The molecule has 294 valence electrons. The lowest BCUT2D eigenvalue weighted by Gasteiger charge is -2.44. The van der Waals surface area contributed by atoms with Gasteiger partial charge in [-0.15, -0.1) is 0 Å². The number of likely N-dealkylation sites (tertiary alicyclic amines) is 2. The first-order valence-corrected chi connectivity index (χ1v) is 19.2. The molecule has 3 aromatic carbocycles. The number of hydrogen-bond donors (Lipinski definition) is 2. The number of benzene rings is 3. The monoisotopic (exact) mass is 768 g/mol. The number of carboxylic acid groups (broad SMARTS) is 1. The third-order valence-corrected chi connectivity index (χ3v) is 12.5. The molecule has 1 atom stereocenters. The lowest BCUT2D eigenvalue weighted by molar-refractivity contribution is -0.236. The number of aliphatic carboxylic acids is 1. The fourth-order valence-electron chi connectivity index (χ4n) is 9.31. The van der Waals surface area contributed by atoms with Gasteiger partial charge in [0.05, 0.1) is 12.2 Å². The molecular weight excluding hydrogens is 722 g/mol. The van der Waals surface area contributed by atoms with Crippen LogP contribution in [0.15, 0.2) is 66.9 Å². The SMILES string of the molecule is O=C(O)[C@H](Cc1cccc2c(-c3nccc4c(CN5CCC6(CCCCC6)CC5)cccc34)cccc12)NC(=O)C1(C(F)(F)F)CCN(CC(F)(F)F)CC1. The van der Waals surface area contributed by atoms with Crippen LogP contribution in [0.4, 0.5) is 26.3 Å². The van der Waals surface area contributed by atoms with E-state index in [0.717, 1.165) is 52.0 Å². The number of alkyl halides is 6. The summed E-state index contributed by atoms with van der Waals surface area (Å²) >= 11 is 0. The van der Waals surface area contributed by atoms with Crippen molar-refractivity contribution in [3.05, 3.63) is 78.0 Å². The van der Waals surface area contributed by atoms with Crippen LogP contribution in [-0.2, 0) is 22.6 Å². The summed E-state index contributed by atoms with van der Waals surface area (Å²) in [7, 11) is 0. The number of carboxylic acids is 1. The molecule has 7 rings (SSSR count). The predicted octanol–water partition coefficient (Wildman–Crippen LogP) is 8.92. The molecule has 0 unspecified atom stereocenters. The summed E-state index contributed by atoms with van der Waals surface area (Å²) in [5.41, 5.74) is 0.753. The Bertz CT molecular complexity index is 2030. The van der Waals surface area contributed by atoms with Gasteiger partial charge in [0.2, 0.25) is 5.91 Å². The Morgan fingerprint density at radius 3 is 1.98 bits per heavy atom. The van der Waals surface area contributed by atoms with Crippen molar-refractivity contribution in [1.82, 2.24) is 20.1 Å². The second-order valence-electron chi connectivity index (χ2n) is 15.9. The first kappa shape index (κ1) is 39.0. The van der Waals surface area contributed by atoms with E-state index in [-0.39, 0.29) is 6.42 Å². The number of amides is 1. The minimum Gasteiger partial charge on any atom is -0.480 e. The molecule has 2 aliphatic heterocycles. The summed E-state index contributed by atoms with van der Waals surface area (Å²) in [6.45, 7) is 0.377. The third kappa shape index (κ3) is 8.19. The summed E-state index contributed by atoms with van der Waals surface area (Å²) in [5, 5.41) is 15.7. The van der Waals surface area contributed by atoms with Crippen molar-refractivity contribution in [2.45, 2.75) is 89.1 Å². The normalized spacial score (nSPS) is 20.1. The average Bonchev–Trinajstić information content (AvgIpc) is 3.15. The van der Waals surface area contributed by atoms with Crippen molar-refractivity contribution in [2.24, 2.45) is 10.8 Å². The molecule has 13 heteroatoms. The van der Waals surface area contributed by atoms with E-state index in [2.05, 4.69) is 16.3 Å². The number of pyridine rings is 1. The largest absolute Gasteiger partial charge is 0.480 e. The van der Waals surface area contributed by atoms with Crippen molar-refractivity contribution in [3.8, 4) is 11.3 Å². The van der Waals surface area contributed by atoms with Gasteiger partial charge in [-0.25, -0.2) is 4.79 Å². The Balaban J connectivity index is 1.12. The smallest absolute Gasteiger partial charge is 0.403 e.